The van der Waals surface area contributed by atoms with Gasteiger partial charge in [0.1, 0.15) is 5.75 Å². The summed E-state index contributed by atoms with van der Waals surface area (Å²) in [6, 6.07) is 1.55. The highest BCUT2D eigenvalue weighted by atomic mass is 16.3. The zero-order valence-corrected chi connectivity index (χ0v) is 6.33. The Morgan fingerprint density at radius 3 is 2.91 bits per heavy atom. The molecule has 0 radical (unpaired) electrons. The first kappa shape index (κ1) is 7.62. The molecule has 0 saturated carbocycles. The average molecular weight is 147 g/mol. The highest BCUT2D eigenvalue weighted by molar-refractivity contribution is 5.38. The Morgan fingerprint density at radius 1 is 1.73 bits per heavy atom. The van der Waals surface area contributed by atoms with E-state index in [1.165, 1.54) is 0 Å². The molecular weight excluding hydrogens is 138 g/mol. The van der Waals surface area contributed by atoms with Gasteiger partial charge in [0.05, 0.1) is 5.69 Å². The Morgan fingerprint density at radius 2 is 2.45 bits per heavy atom. The number of nitrogens with zero attached hydrogens (tertiary/aromatic N) is 1. The van der Waals surface area contributed by atoms with Gasteiger partial charge in [0.15, 0.2) is 0 Å². The molecule has 1 aromatic heterocycles. The Bertz CT molecular complexity index is 299. The van der Waals surface area contributed by atoms with E-state index in [9.17, 15) is 5.11 Å². The molecule has 0 saturated heterocycles. The zero-order chi connectivity index (χ0) is 8.27. The average Bonchev–Trinajstić information content (AvgIpc) is 2.04. The van der Waals surface area contributed by atoms with Crippen molar-refractivity contribution < 1.29 is 5.11 Å². The molecule has 56 valence electrons. The van der Waals surface area contributed by atoms with Crippen LogP contribution in [0.5, 0.6) is 5.75 Å². The third-order valence-corrected chi connectivity index (χ3v) is 1.45. The Kier molecular flexibility index (Phi) is 2.12. The van der Waals surface area contributed by atoms with Crippen LogP contribution in [-0.4, -0.2) is 10.1 Å². The summed E-state index contributed by atoms with van der Waals surface area (Å²) >= 11 is 0. The molecule has 0 amide bonds. The minimum absolute atomic E-state index is 0.183. The van der Waals surface area contributed by atoms with Gasteiger partial charge in [-0.2, -0.15) is 0 Å². The lowest BCUT2D eigenvalue weighted by molar-refractivity contribution is 0.464. The molecule has 0 bridgehead atoms. The summed E-state index contributed by atoms with van der Waals surface area (Å²) < 4.78 is 0. The van der Waals surface area contributed by atoms with Crippen molar-refractivity contribution in [2.75, 3.05) is 0 Å². The molecular formula is C9H9NO. The van der Waals surface area contributed by atoms with Gasteiger partial charge in [-0.3, -0.25) is 4.98 Å². The highest BCUT2D eigenvalue weighted by Crippen LogP contribution is 2.15. The van der Waals surface area contributed by atoms with Crippen molar-refractivity contribution in [1.29, 1.82) is 0 Å². The van der Waals surface area contributed by atoms with E-state index < -0.39 is 0 Å². The van der Waals surface area contributed by atoms with Gasteiger partial charge in [0, 0.05) is 11.8 Å². The van der Waals surface area contributed by atoms with E-state index in [0.717, 1.165) is 6.42 Å². The molecule has 1 rings (SSSR count). The number of aromatic hydroxyl groups is 1. The minimum atomic E-state index is 0.183. The predicted octanol–water partition coefficient (Wildman–Crippen LogP) is 1.33. The van der Waals surface area contributed by atoms with E-state index in [4.69, 9.17) is 6.42 Å². The summed E-state index contributed by atoms with van der Waals surface area (Å²) in [5.74, 6) is 2.58. The fraction of sp³-hybridized carbons (Fsp3) is 0.222. The number of hydrogen-bond acceptors (Lipinski definition) is 2. The maximum absolute atomic E-state index is 9.26. The number of hydrogen-bond donors (Lipinski definition) is 1. The lowest BCUT2D eigenvalue weighted by atomic mass is 10.2. The van der Waals surface area contributed by atoms with Crippen LogP contribution in [0.2, 0.25) is 0 Å². The van der Waals surface area contributed by atoms with Crippen molar-refractivity contribution in [1.82, 2.24) is 4.98 Å². The molecule has 0 fully saturated rings. The van der Waals surface area contributed by atoms with E-state index in [1.807, 2.05) is 6.92 Å². The van der Waals surface area contributed by atoms with Crippen LogP contribution >= 0.6 is 0 Å². The lowest BCUT2D eigenvalue weighted by Gasteiger charge is -1.99. The van der Waals surface area contributed by atoms with E-state index in [1.54, 1.807) is 12.3 Å². The SMILES string of the molecule is C#Cc1cnc(CC)c(O)c1. The Labute approximate surface area is 65.9 Å². The largest absolute Gasteiger partial charge is 0.506 e. The quantitative estimate of drug-likeness (QED) is 0.608. The summed E-state index contributed by atoms with van der Waals surface area (Å²) in [5, 5.41) is 9.26. The molecule has 2 heteroatoms. The fourth-order valence-corrected chi connectivity index (χ4v) is 0.833. The molecule has 0 aliphatic heterocycles. The van der Waals surface area contributed by atoms with E-state index >= 15 is 0 Å². The van der Waals surface area contributed by atoms with Crippen molar-refractivity contribution in [2.45, 2.75) is 13.3 Å². The third-order valence-electron chi connectivity index (χ3n) is 1.45. The molecule has 0 aromatic carbocycles. The van der Waals surface area contributed by atoms with Crippen molar-refractivity contribution in [3.05, 3.63) is 23.5 Å². The zero-order valence-electron chi connectivity index (χ0n) is 6.33. The van der Waals surface area contributed by atoms with E-state index in [0.29, 0.717) is 11.3 Å². The molecule has 11 heavy (non-hydrogen) atoms. The normalized spacial score (nSPS) is 9.09. The summed E-state index contributed by atoms with van der Waals surface area (Å²) in [6.45, 7) is 1.93. The molecule has 1 N–H and O–H groups in total. The van der Waals surface area contributed by atoms with Crippen LogP contribution in [0.25, 0.3) is 0 Å². The minimum Gasteiger partial charge on any atom is -0.506 e. The van der Waals surface area contributed by atoms with Crippen molar-refractivity contribution in [3.63, 3.8) is 0 Å². The van der Waals surface area contributed by atoms with Gasteiger partial charge in [-0.05, 0) is 12.5 Å². The summed E-state index contributed by atoms with van der Waals surface area (Å²) in [5.41, 5.74) is 1.30. The van der Waals surface area contributed by atoms with Gasteiger partial charge < -0.3 is 5.11 Å². The molecule has 0 spiro atoms. The lowest BCUT2D eigenvalue weighted by Crippen LogP contribution is -1.88. The van der Waals surface area contributed by atoms with Crippen LogP contribution in [0.15, 0.2) is 12.3 Å². The van der Waals surface area contributed by atoms with Gasteiger partial charge in [-0.15, -0.1) is 6.42 Å². The van der Waals surface area contributed by atoms with Crippen molar-refractivity contribution >= 4 is 0 Å². The first-order valence-electron chi connectivity index (χ1n) is 3.42. The molecule has 1 aromatic rings. The molecule has 0 unspecified atom stereocenters. The topological polar surface area (TPSA) is 33.1 Å². The van der Waals surface area contributed by atoms with Crippen molar-refractivity contribution in [2.24, 2.45) is 0 Å². The first-order chi connectivity index (χ1) is 5.27. The molecule has 2 nitrogen and oxygen atoms in total. The molecule has 1 heterocycles. The molecule has 0 aliphatic carbocycles. The van der Waals surface area contributed by atoms with Crippen LogP contribution in [-0.2, 0) is 6.42 Å². The molecule has 0 aliphatic rings. The van der Waals surface area contributed by atoms with Gasteiger partial charge >= 0.3 is 0 Å². The van der Waals surface area contributed by atoms with Crippen molar-refractivity contribution in [3.8, 4) is 18.1 Å². The van der Waals surface area contributed by atoms with Crippen LogP contribution in [0.4, 0.5) is 0 Å². The third kappa shape index (κ3) is 1.50. The summed E-state index contributed by atoms with van der Waals surface area (Å²) in [6.07, 6.45) is 7.41. The van der Waals surface area contributed by atoms with Crippen LogP contribution in [0.3, 0.4) is 0 Å². The van der Waals surface area contributed by atoms with Crippen LogP contribution < -0.4 is 0 Å². The maximum atomic E-state index is 9.26. The van der Waals surface area contributed by atoms with Gasteiger partial charge in [0.25, 0.3) is 0 Å². The second kappa shape index (κ2) is 3.07. The summed E-state index contributed by atoms with van der Waals surface area (Å²) in [7, 11) is 0. The molecule has 0 atom stereocenters. The number of aromatic nitrogens is 1. The van der Waals surface area contributed by atoms with E-state index in [2.05, 4.69) is 10.9 Å². The monoisotopic (exact) mass is 147 g/mol. The van der Waals surface area contributed by atoms with E-state index in [-0.39, 0.29) is 5.75 Å². The second-order valence-electron chi connectivity index (χ2n) is 2.19. The standard InChI is InChI=1S/C9H9NO/c1-3-7-5-9(11)8(4-2)10-6-7/h1,5-6,11H,4H2,2H3. The van der Waals surface area contributed by atoms with Gasteiger partial charge in [-0.1, -0.05) is 12.8 Å². The highest BCUT2D eigenvalue weighted by Gasteiger charge is 1.99. The van der Waals surface area contributed by atoms with Crippen LogP contribution in [0.1, 0.15) is 18.2 Å². The summed E-state index contributed by atoms with van der Waals surface area (Å²) in [4.78, 5) is 3.98. The predicted molar refractivity (Wildman–Crippen MR) is 43.2 cm³/mol. The Hall–Kier alpha value is -1.49. The van der Waals surface area contributed by atoms with Gasteiger partial charge in [0.2, 0.25) is 0 Å². The van der Waals surface area contributed by atoms with Gasteiger partial charge in [-0.25, -0.2) is 0 Å². The Balaban J connectivity index is 3.12. The number of rotatable bonds is 1. The number of pyridine rings is 1. The maximum Gasteiger partial charge on any atom is 0.138 e. The number of aryl methyl sites for hydroxylation is 1. The second-order valence-corrected chi connectivity index (χ2v) is 2.19. The first-order valence-corrected chi connectivity index (χ1v) is 3.42. The fourth-order valence-electron chi connectivity index (χ4n) is 0.833. The smallest absolute Gasteiger partial charge is 0.138 e. The number of terminal acetylenes is 1. The van der Waals surface area contributed by atoms with Crippen LogP contribution in [0, 0.1) is 12.3 Å².